The first kappa shape index (κ1) is 22.4. The third-order valence-electron chi connectivity index (χ3n) is 5.99. The maximum absolute atomic E-state index is 13.0. The van der Waals surface area contributed by atoms with Crippen LogP contribution in [0.2, 0.25) is 0 Å². The van der Waals surface area contributed by atoms with Gasteiger partial charge in [-0.1, -0.05) is 6.07 Å². The lowest BCUT2D eigenvalue weighted by molar-refractivity contribution is -0.131. The van der Waals surface area contributed by atoms with Gasteiger partial charge < -0.3 is 15.4 Å². The van der Waals surface area contributed by atoms with Crippen LogP contribution in [-0.2, 0) is 11.8 Å². The normalized spacial score (nSPS) is 23.5. The van der Waals surface area contributed by atoms with Crippen LogP contribution in [0.15, 0.2) is 30.6 Å². The van der Waals surface area contributed by atoms with Crippen molar-refractivity contribution in [2.45, 2.75) is 24.8 Å². The predicted molar refractivity (Wildman–Crippen MR) is 123 cm³/mol. The maximum Gasteiger partial charge on any atom is 0.244 e. The Balaban J connectivity index is 1.44. The van der Waals surface area contributed by atoms with Crippen LogP contribution in [-0.4, -0.2) is 73.6 Å². The molecule has 4 atom stereocenters. The molecule has 180 valence electrons. The third kappa shape index (κ3) is 4.29. The summed E-state index contributed by atoms with van der Waals surface area (Å²) in [6, 6.07) is 7.33. The first-order chi connectivity index (χ1) is 17.0. The number of rotatable bonds is 6. The summed E-state index contributed by atoms with van der Waals surface area (Å²) in [5.41, 5.74) is 4.77. The molecule has 3 aromatic rings. The molecule has 4 heterocycles. The minimum Gasteiger partial charge on any atom is -0.494 e. The van der Waals surface area contributed by atoms with Gasteiger partial charge in [0.15, 0.2) is 11.4 Å². The van der Waals surface area contributed by atoms with E-state index in [4.69, 9.17) is 10.00 Å². The largest absolute Gasteiger partial charge is 0.494 e. The van der Waals surface area contributed by atoms with Crippen LogP contribution in [0.3, 0.4) is 0 Å². The number of hydrogen-bond acceptors (Lipinski definition) is 12. The Morgan fingerprint density at radius 1 is 1.26 bits per heavy atom. The molecule has 0 bridgehead atoms. The van der Waals surface area contributed by atoms with Gasteiger partial charge in [0.2, 0.25) is 11.7 Å². The maximum atomic E-state index is 13.0. The molecule has 1 aromatic carbocycles. The van der Waals surface area contributed by atoms with Gasteiger partial charge in [0.05, 0.1) is 56.1 Å². The van der Waals surface area contributed by atoms with Gasteiger partial charge >= 0.3 is 0 Å². The lowest BCUT2D eigenvalue weighted by atomic mass is 9.88. The summed E-state index contributed by atoms with van der Waals surface area (Å²) >= 11 is 0. The number of tetrazole rings is 1. The SMILES string of the molecule is COc1c(NC2CC(Nc3cncc(C#N)n3)NC3NN(C)C(=O)C23)cccc1-c1nnn(C)n1. The van der Waals surface area contributed by atoms with Crippen molar-refractivity contribution < 1.29 is 9.53 Å². The third-order valence-corrected chi connectivity index (χ3v) is 5.99. The summed E-state index contributed by atoms with van der Waals surface area (Å²) < 4.78 is 5.72. The van der Waals surface area contributed by atoms with Crippen LogP contribution in [0, 0.1) is 17.2 Å². The number of carbonyl (C=O) groups excluding carboxylic acids is 1. The average Bonchev–Trinajstić information content (AvgIpc) is 3.41. The Hall–Kier alpha value is -4.35. The van der Waals surface area contributed by atoms with Gasteiger partial charge in [-0.25, -0.2) is 10.4 Å². The van der Waals surface area contributed by atoms with Gasteiger partial charge in [0, 0.05) is 19.5 Å². The number of aryl methyl sites for hydroxylation is 1. The van der Waals surface area contributed by atoms with Crippen molar-refractivity contribution in [3.8, 4) is 23.2 Å². The zero-order valence-electron chi connectivity index (χ0n) is 19.3. The van der Waals surface area contributed by atoms with E-state index < -0.39 is 0 Å². The average molecular weight is 477 g/mol. The van der Waals surface area contributed by atoms with E-state index in [2.05, 4.69) is 46.8 Å². The summed E-state index contributed by atoms with van der Waals surface area (Å²) in [5.74, 6) is 1.04. The number of benzene rings is 1. The molecule has 1 amide bonds. The fourth-order valence-electron chi connectivity index (χ4n) is 4.50. The van der Waals surface area contributed by atoms with E-state index in [9.17, 15) is 4.79 Å². The summed E-state index contributed by atoms with van der Waals surface area (Å²) in [4.78, 5) is 22.7. The summed E-state index contributed by atoms with van der Waals surface area (Å²) in [7, 11) is 4.97. The van der Waals surface area contributed by atoms with Gasteiger partial charge in [-0.2, -0.15) is 10.1 Å². The van der Waals surface area contributed by atoms with Gasteiger partial charge in [-0.05, 0) is 17.3 Å². The number of methoxy groups -OCH3 is 1. The molecule has 4 N–H and O–H groups in total. The Kier molecular flexibility index (Phi) is 5.85. The van der Waals surface area contributed by atoms with Crippen molar-refractivity contribution in [3.63, 3.8) is 0 Å². The number of ether oxygens (including phenoxy) is 1. The Bertz CT molecular complexity index is 1290. The number of para-hydroxylation sites is 1. The van der Waals surface area contributed by atoms with E-state index in [1.807, 2.05) is 24.3 Å². The molecule has 2 aliphatic rings. The summed E-state index contributed by atoms with van der Waals surface area (Å²) in [6.07, 6.45) is 2.89. The summed E-state index contributed by atoms with van der Waals surface area (Å²) in [5, 5.41) is 33.1. The van der Waals surface area contributed by atoms with Crippen LogP contribution in [0.5, 0.6) is 5.75 Å². The zero-order chi connectivity index (χ0) is 24.5. The van der Waals surface area contributed by atoms with E-state index >= 15 is 0 Å². The van der Waals surface area contributed by atoms with Crippen LogP contribution in [0.25, 0.3) is 11.4 Å². The van der Waals surface area contributed by atoms with Gasteiger partial charge in [-0.3, -0.25) is 20.1 Å². The number of hydrazine groups is 1. The second-order valence-electron chi connectivity index (χ2n) is 8.27. The fraction of sp³-hybridized carbons (Fsp3) is 0.381. The molecule has 2 saturated heterocycles. The number of piperidine rings is 1. The van der Waals surface area contributed by atoms with Crippen molar-refractivity contribution in [1.82, 2.24) is 45.9 Å². The number of hydrogen-bond donors (Lipinski definition) is 4. The first-order valence-electron chi connectivity index (χ1n) is 10.9. The molecular weight excluding hydrogens is 452 g/mol. The number of anilines is 2. The molecule has 5 rings (SSSR count). The molecule has 4 unspecified atom stereocenters. The first-order valence-corrected chi connectivity index (χ1v) is 10.9. The highest BCUT2D eigenvalue weighted by molar-refractivity contribution is 5.83. The zero-order valence-corrected chi connectivity index (χ0v) is 19.3. The fourth-order valence-corrected chi connectivity index (χ4v) is 4.50. The minimum absolute atomic E-state index is 0.0320. The lowest BCUT2D eigenvalue weighted by Gasteiger charge is -2.39. The molecule has 0 aliphatic carbocycles. The second kappa shape index (κ2) is 9.12. The molecule has 2 aromatic heterocycles. The molecule has 0 spiro atoms. The van der Waals surface area contributed by atoms with E-state index in [1.165, 1.54) is 16.0 Å². The molecule has 2 aliphatic heterocycles. The van der Waals surface area contributed by atoms with Gasteiger partial charge in [0.25, 0.3) is 0 Å². The minimum atomic E-state index is -0.377. The lowest BCUT2D eigenvalue weighted by Crippen LogP contribution is -2.60. The molecule has 0 radical (unpaired) electrons. The second-order valence-corrected chi connectivity index (χ2v) is 8.27. The molecule has 2 fully saturated rings. The van der Waals surface area contributed by atoms with Crippen LogP contribution < -0.4 is 26.1 Å². The Labute approximate surface area is 200 Å². The van der Waals surface area contributed by atoms with E-state index in [-0.39, 0.29) is 35.9 Å². The molecular formula is C21H24N12O2. The van der Waals surface area contributed by atoms with Crippen molar-refractivity contribution in [2.75, 3.05) is 24.8 Å². The number of fused-ring (bicyclic) bond motifs is 1. The van der Waals surface area contributed by atoms with Crippen molar-refractivity contribution in [3.05, 3.63) is 36.3 Å². The van der Waals surface area contributed by atoms with Crippen molar-refractivity contribution in [1.29, 1.82) is 5.26 Å². The number of nitrogens with one attached hydrogen (secondary N) is 4. The van der Waals surface area contributed by atoms with Crippen LogP contribution in [0.4, 0.5) is 11.5 Å². The Morgan fingerprint density at radius 3 is 2.86 bits per heavy atom. The van der Waals surface area contributed by atoms with E-state index in [0.29, 0.717) is 35.1 Å². The summed E-state index contributed by atoms with van der Waals surface area (Å²) in [6.45, 7) is 0. The van der Waals surface area contributed by atoms with Crippen LogP contribution >= 0.6 is 0 Å². The standard InChI is InChI=1S/C21H24N12O2/c1-32-21(34)17-14(7-15(27-20(17)29-32)26-16-10-23-9-11(8-22)24-16)25-13-6-4-5-12(18(13)35-3)19-28-31-33(2)30-19/h4-6,9-10,14-15,17,20,25,27,29H,7H2,1-3H3,(H,24,26). The van der Waals surface area contributed by atoms with Gasteiger partial charge in [-0.15, -0.1) is 10.2 Å². The number of nitrogens with zero attached hydrogens (tertiary/aromatic N) is 8. The van der Waals surface area contributed by atoms with Crippen molar-refractivity contribution in [2.24, 2.45) is 13.0 Å². The highest BCUT2D eigenvalue weighted by Gasteiger charge is 2.48. The van der Waals surface area contributed by atoms with E-state index in [0.717, 1.165) is 0 Å². The number of carbonyl (C=O) groups is 1. The van der Waals surface area contributed by atoms with Gasteiger partial charge in [0.1, 0.15) is 11.9 Å². The highest BCUT2D eigenvalue weighted by Crippen LogP contribution is 2.37. The smallest absolute Gasteiger partial charge is 0.244 e. The molecule has 14 nitrogen and oxygen atoms in total. The number of amides is 1. The quantitative estimate of drug-likeness (QED) is 0.366. The topological polar surface area (TPSA) is 171 Å². The molecule has 14 heteroatoms. The monoisotopic (exact) mass is 476 g/mol. The molecule has 0 saturated carbocycles. The van der Waals surface area contributed by atoms with Crippen LogP contribution in [0.1, 0.15) is 12.1 Å². The Morgan fingerprint density at radius 2 is 2.11 bits per heavy atom. The number of aromatic nitrogens is 6. The molecule has 35 heavy (non-hydrogen) atoms. The highest BCUT2D eigenvalue weighted by atomic mass is 16.5. The predicted octanol–water partition coefficient (Wildman–Crippen LogP) is -0.322. The number of nitriles is 1. The van der Waals surface area contributed by atoms with E-state index in [1.54, 1.807) is 27.4 Å². The van der Waals surface area contributed by atoms with Crippen molar-refractivity contribution >= 4 is 17.4 Å².